The first-order chi connectivity index (χ1) is 11.8. The van der Waals surface area contributed by atoms with Crippen molar-refractivity contribution in [2.24, 2.45) is 0 Å². The molecule has 2 aromatic rings. The van der Waals surface area contributed by atoms with E-state index >= 15 is 0 Å². The average Bonchev–Trinajstić information content (AvgIpc) is 2.56. The van der Waals surface area contributed by atoms with Gasteiger partial charge in [0.2, 0.25) is 0 Å². The quantitative estimate of drug-likeness (QED) is 0.671. The van der Waals surface area contributed by atoms with Crippen molar-refractivity contribution in [1.82, 2.24) is 10.2 Å². The number of nitrogens with zero attached hydrogens (tertiary/aromatic N) is 1. The fourth-order valence-electron chi connectivity index (χ4n) is 2.39. The van der Waals surface area contributed by atoms with Gasteiger partial charge >= 0.3 is 0 Å². The highest BCUT2D eigenvalue weighted by Crippen LogP contribution is 2.28. The summed E-state index contributed by atoms with van der Waals surface area (Å²) < 4.78 is 19.0. The molecule has 0 spiro atoms. The monoisotopic (exact) mass is 437 g/mol. The Morgan fingerprint density at radius 1 is 1.26 bits per heavy atom. The van der Waals surface area contributed by atoms with E-state index in [-0.39, 0.29) is 53.7 Å². The van der Waals surface area contributed by atoms with Crippen LogP contribution in [0.2, 0.25) is 5.02 Å². The molecule has 2 rings (SSSR count). The van der Waals surface area contributed by atoms with Crippen molar-refractivity contribution >= 4 is 48.0 Å². The van der Waals surface area contributed by atoms with Gasteiger partial charge in [-0.2, -0.15) is 0 Å². The number of halogens is 4. The summed E-state index contributed by atoms with van der Waals surface area (Å²) in [5.41, 5.74) is 7.71. The molecule has 0 aliphatic carbocycles. The molecule has 0 fully saturated rings. The molecule has 3 N–H and O–H groups in total. The number of nitrogens with one attached hydrogen (secondary N) is 1. The molecular weight excluding hydrogens is 416 g/mol. The number of nitrogen functional groups attached to an aromatic ring is 1. The fraction of sp³-hybridized carbons (Fsp3) is 0.278. The Bertz CT molecular complexity index is 789. The van der Waals surface area contributed by atoms with E-state index < -0.39 is 0 Å². The SMILES string of the molecule is COc1cc(N)c(Cl)cc1C(=O)NCc1ccc(F)c(CN(C)C)c1.Cl.Cl. The molecule has 150 valence electrons. The number of hydrogen-bond acceptors (Lipinski definition) is 4. The minimum atomic E-state index is -0.350. The van der Waals surface area contributed by atoms with Gasteiger partial charge in [0.25, 0.3) is 5.91 Å². The predicted octanol–water partition coefficient (Wildman–Crippen LogP) is 3.91. The van der Waals surface area contributed by atoms with Crippen LogP contribution in [0.3, 0.4) is 0 Å². The highest BCUT2D eigenvalue weighted by atomic mass is 35.5. The number of carbonyl (C=O) groups excluding carboxylic acids is 1. The smallest absolute Gasteiger partial charge is 0.255 e. The lowest BCUT2D eigenvalue weighted by molar-refractivity contribution is 0.0948. The molecule has 0 aliphatic rings. The summed E-state index contributed by atoms with van der Waals surface area (Å²) in [5.74, 6) is -0.278. The number of hydrogen-bond donors (Lipinski definition) is 2. The van der Waals surface area contributed by atoms with E-state index in [4.69, 9.17) is 22.1 Å². The molecule has 0 unspecified atom stereocenters. The van der Waals surface area contributed by atoms with E-state index in [1.165, 1.54) is 25.3 Å². The summed E-state index contributed by atoms with van der Waals surface area (Å²) in [7, 11) is 5.18. The zero-order valence-electron chi connectivity index (χ0n) is 15.2. The number of carbonyl (C=O) groups is 1. The Kier molecular flexibility index (Phi) is 10.5. The van der Waals surface area contributed by atoms with Crippen molar-refractivity contribution in [1.29, 1.82) is 0 Å². The van der Waals surface area contributed by atoms with E-state index in [2.05, 4.69) is 5.32 Å². The third-order valence-corrected chi connectivity index (χ3v) is 3.94. The van der Waals surface area contributed by atoms with Crippen molar-refractivity contribution in [2.45, 2.75) is 13.1 Å². The number of rotatable bonds is 6. The maximum Gasteiger partial charge on any atom is 0.255 e. The first-order valence-corrected chi connectivity index (χ1v) is 8.03. The maximum atomic E-state index is 13.8. The van der Waals surface area contributed by atoms with Crippen molar-refractivity contribution in [3.05, 3.63) is 57.9 Å². The van der Waals surface area contributed by atoms with E-state index in [9.17, 15) is 9.18 Å². The molecule has 0 aromatic heterocycles. The summed E-state index contributed by atoms with van der Waals surface area (Å²) in [5, 5.41) is 3.06. The average molecular weight is 439 g/mol. The standard InChI is InChI=1S/C18H21ClFN3O2.2ClH/c1-23(2)10-12-6-11(4-5-15(12)20)9-22-18(24)13-7-14(19)16(21)8-17(13)25-3;;/h4-8H,9-10,21H2,1-3H3,(H,22,24);2*1H. The van der Waals surface area contributed by atoms with Gasteiger partial charge in [-0.25, -0.2) is 4.39 Å². The molecule has 0 heterocycles. The third-order valence-electron chi connectivity index (χ3n) is 3.61. The van der Waals surface area contributed by atoms with Crippen molar-refractivity contribution in [2.75, 3.05) is 26.9 Å². The molecule has 0 aliphatic heterocycles. The number of amides is 1. The Balaban J connectivity index is 0.00000338. The molecular formula is C18H23Cl3FN3O2. The first-order valence-electron chi connectivity index (χ1n) is 7.65. The van der Waals surface area contributed by atoms with Crippen LogP contribution in [0.15, 0.2) is 30.3 Å². The largest absolute Gasteiger partial charge is 0.496 e. The van der Waals surface area contributed by atoms with Gasteiger partial charge in [0.15, 0.2) is 0 Å². The van der Waals surface area contributed by atoms with Crippen LogP contribution in [-0.2, 0) is 13.1 Å². The van der Waals surface area contributed by atoms with Crippen LogP contribution in [0.1, 0.15) is 21.5 Å². The minimum Gasteiger partial charge on any atom is -0.496 e. The van der Waals surface area contributed by atoms with Gasteiger partial charge in [0.1, 0.15) is 11.6 Å². The third kappa shape index (κ3) is 6.74. The summed E-state index contributed by atoms with van der Waals surface area (Å²) in [6.45, 7) is 0.736. The van der Waals surface area contributed by atoms with Crippen LogP contribution in [0.4, 0.5) is 10.1 Å². The molecule has 1 amide bonds. The second-order valence-electron chi connectivity index (χ2n) is 5.92. The topological polar surface area (TPSA) is 67.6 Å². The Morgan fingerprint density at radius 2 is 1.93 bits per heavy atom. The molecule has 0 saturated heterocycles. The molecule has 0 atom stereocenters. The normalized spacial score (nSPS) is 10.0. The molecule has 9 heteroatoms. The maximum absolute atomic E-state index is 13.8. The lowest BCUT2D eigenvalue weighted by atomic mass is 10.1. The first kappa shape index (κ1) is 25.3. The van der Waals surface area contributed by atoms with Crippen LogP contribution in [0.25, 0.3) is 0 Å². The molecule has 0 bridgehead atoms. The van der Waals surface area contributed by atoms with Gasteiger partial charge in [-0.05, 0) is 37.9 Å². The van der Waals surface area contributed by atoms with Crippen molar-refractivity contribution in [3.8, 4) is 5.75 Å². The predicted molar refractivity (Wildman–Crippen MR) is 112 cm³/mol. The minimum absolute atomic E-state index is 0. The van der Waals surface area contributed by atoms with Crippen molar-refractivity contribution in [3.63, 3.8) is 0 Å². The number of nitrogens with two attached hydrogens (primary N) is 1. The van der Waals surface area contributed by atoms with E-state index in [1.54, 1.807) is 12.1 Å². The van der Waals surface area contributed by atoms with Crippen LogP contribution >= 0.6 is 36.4 Å². The van der Waals surface area contributed by atoms with Crippen LogP contribution < -0.4 is 15.8 Å². The molecule has 0 radical (unpaired) electrons. The summed E-state index contributed by atoms with van der Waals surface area (Å²) in [6, 6.07) is 7.75. The second-order valence-corrected chi connectivity index (χ2v) is 6.33. The number of methoxy groups -OCH3 is 1. The highest BCUT2D eigenvalue weighted by Gasteiger charge is 2.15. The zero-order valence-corrected chi connectivity index (χ0v) is 17.6. The van der Waals surface area contributed by atoms with Crippen LogP contribution in [-0.4, -0.2) is 32.0 Å². The van der Waals surface area contributed by atoms with E-state index in [0.29, 0.717) is 23.5 Å². The zero-order chi connectivity index (χ0) is 18.6. The molecule has 27 heavy (non-hydrogen) atoms. The highest BCUT2D eigenvalue weighted by molar-refractivity contribution is 6.33. The van der Waals surface area contributed by atoms with Gasteiger partial charge in [0, 0.05) is 24.7 Å². The van der Waals surface area contributed by atoms with Gasteiger partial charge in [-0.15, -0.1) is 24.8 Å². The summed E-state index contributed by atoms with van der Waals surface area (Å²) in [4.78, 5) is 14.3. The van der Waals surface area contributed by atoms with Gasteiger partial charge < -0.3 is 20.7 Å². The fourth-order valence-corrected chi connectivity index (χ4v) is 2.56. The Morgan fingerprint density at radius 3 is 2.52 bits per heavy atom. The second kappa shape index (κ2) is 11.2. The van der Waals surface area contributed by atoms with E-state index in [0.717, 1.165) is 5.56 Å². The number of anilines is 1. The lowest BCUT2D eigenvalue weighted by Gasteiger charge is -2.13. The molecule has 2 aromatic carbocycles. The Hall–Kier alpha value is -1.73. The van der Waals surface area contributed by atoms with Gasteiger partial charge in [-0.1, -0.05) is 17.7 Å². The number of benzene rings is 2. The summed E-state index contributed by atoms with van der Waals surface area (Å²) in [6.07, 6.45) is 0. The summed E-state index contributed by atoms with van der Waals surface area (Å²) >= 11 is 5.98. The van der Waals surface area contributed by atoms with Gasteiger partial charge in [0.05, 0.1) is 23.4 Å². The van der Waals surface area contributed by atoms with Gasteiger partial charge in [-0.3, -0.25) is 4.79 Å². The lowest BCUT2D eigenvalue weighted by Crippen LogP contribution is -2.23. The van der Waals surface area contributed by atoms with Crippen LogP contribution in [0.5, 0.6) is 5.75 Å². The van der Waals surface area contributed by atoms with Crippen LogP contribution in [0, 0.1) is 5.82 Å². The van der Waals surface area contributed by atoms with Crippen molar-refractivity contribution < 1.29 is 13.9 Å². The Labute approximate surface area is 175 Å². The molecule has 5 nitrogen and oxygen atoms in total. The van der Waals surface area contributed by atoms with E-state index in [1.807, 2.05) is 19.0 Å². The number of ether oxygens (including phenoxy) is 1. The molecule has 0 saturated carbocycles.